The molecule has 0 aromatic heterocycles. The van der Waals surface area contributed by atoms with Crippen molar-refractivity contribution >= 4 is 69.8 Å². The molecular weight excluding hydrogens is 552 g/mol. The summed E-state index contributed by atoms with van der Waals surface area (Å²) in [4.78, 5) is 39.4. The summed E-state index contributed by atoms with van der Waals surface area (Å²) in [6.07, 6.45) is 2.23. The van der Waals surface area contributed by atoms with Crippen LogP contribution in [-0.2, 0) is 16.0 Å². The Kier molecular flexibility index (Phi) is 8.71. The normalized spacial score (nSPS) is 13.4. The second-order valence-electron chi connectivity index (χ2n) is 9.42. The second kappa shape index (κ2) is 11.1. The first-order chi connectivity index (χ1) is 16.7. The SMILES string of the molecule is CC(C)(C)OC(=O)CCCN1CCCc2cc(C(=O)c3c(Cl)c(Cl)c(Cl)c(Cl)c3C(=O)O)c(O)cc21. The van der Waals surface area contributed by atoms with Gasteiger partial charge in [0.25, 0.3) is 0 Å². The maximum atomic E-state index is 13.4. The number of carboxylic acids is 1. The van der Waals surface area contributed by atoms with Gasteiger partial charge in [0.15, 0.2) is 5.78 Å². The van der Waals surface area contributed by atoms with Crippen LogP contribution >= 0.6 is 46.4 Å². The molecule has 0 saturated heterocycles. The third-order valence-electron chi connectivity index (χ3n) is 5.59. The van der Waals surface area contributed by atoms with Crippen molar-refractivity contribution in [2.24, 2.45) is 0 Å². The maximum absolute atomic E-state index is 13.4. The zero-order valence-corrected chi connectivity index (χ0v) is 22.9. The van der Waals surface area contributed by atoms with E-state index in [4.69, 9.17) is 51.1 Å². The van der Waals surface area contributed by atoms with Crippen LogP contribution in [0.25, 0.3) is 0 Å². The van der Waals surface area contributed by atoms with Crippen molar-refractivity contribution in [3.63, 3.8) is 0 Å². The fourth-order valence-electron chi connectivity index (χ4n) is 4.10. The molecule has 0 fully saturated rings. The van der Waals surface area contributed by atoms with Gasteiger partial charge in [-0.25, -0.2) is 4.79 Å². The number of phenolic OH excluding ortho intramolecular Hbond substituents is 1. The summed E-state index contributed by atoms with van der Waals surface area (Å²) in [7, 11) is 0. The number of hydrogen-bond acceptors (Lipinski definition) is 6. The summed E-state index contributed by atoms with van der Waals surface area (Å²) in [6.45, 7) is 6.70. The lowest BCUT2D eigenvalue weighted by atomic mass is 9.92. The number of carboxylic acid groups (broad SMARTS) is 1. The van der Waals surface area contributed by atoms with Crippen molar-refractivity contribution in [2.45, 2.75) is 52.1 Å². The Labute approximate surface area is 228 Å². The molecule has 2 aromatic rings. The summed E-state index contributed by atoms with van der Waals surface area (Å²) >= 11 is 24.4. The van der Waals surface area contributed by atoms with Crippen LogP contribution in [0.1, 0.15) is 71.9 Å². The number of esters is 1. The van der Waals surface area contributed by atoms with E-state index in [1.165, 1.54) is 12.1 Å². The van der Waals surface area contributed by atoms with Gasteiger partial charge in [0.2, 0.25) is 0 Å². The molecule has 1 aliphatic heterocycles. The van der Waals surface area contributed by atoms with Crippen molar-refractivity contribution in [2.75, 3.05) is 18.0 Å². The monoisotopic (exact) mass is 575 g/mol. The van der Waals surface area contributed by atoms with Crippen molar-refractivity contribution in [1.29, 1.82) is 0 Å². The summed E-state index contributed by atoms with van der Waals surface area (Å²) in [5.41, 5.74) is -0.213. The minimum atomic E-state index is -1.52. The van der Waals surface area contributed by atoms with Crippen molar-refractivity contribution in [1.82, 2.24) is 0 Å². The van der Waals surface area contributed by atoms with E-state index in [2.05, 4.69) is 0 Å². The van der Waals surface area contributed by atoms with Gasteiger partial charge in [-0.2, -0.15) is 0 Å². The number of halogens is 4. The minimum absolute atomic E-state index is 0.136. The van der Waals surface area contributed by atoms with Crippen molar-refractivity contribution in [3.05, 3.63) is 54.5 Å². The molecule has 0 bridgehead atoms. The van der Waals surface area contributed by atoms with Gasteiger partial charge >= 0.3 is 11.9 Å². The molecule has 3 rings (SSSR count). The number of phenols is 1. The third kappa shape index (κ3) is 6.02. The Hall–Kier alpha value is -2.19. The first-order valence-electron chi connectivity index (χ1n) is 11.2. The van der Waals surface area contributed by atoms with Gasteiger partial charge in [0, 0.05) is 31.3 Å². The van der Waals surface area contributed by atoms with E-state index in [1.807, 2.05) is 25.7 Å². The van der Waals surface area contributed by atoms with Crippen LogP contribution in [0.5, 0.6) is 5.75 Å². The number of aromatic hydroxyl groups is 1. The topological polar surface area (TPSA) is 104 Å². The molecule has 0 unspecified atom stereocenters. The fourth-order valence-corrected chi connectivity index (χ4v) is 5.12. The average Bonchev–Trinajstić information content (AvgIpc) is 2.78. The van der Waals surface area contributed by atoms with E-state index in [1.54, 1.807) is 0 Å². The standard InChI is InChI=1S/C25H25Cl4NO6/c1-25(2,3)36-16(32)7-5-9-30-8-4-6-12-10-13(15(31)11-14(12)30)23(33)17-18(24(34)35)20(27)22(29)21(28)19(17)26/h10-11,31H,4-9H2,1-3H3,(H,34,35). The zero-order chi connectivity index (χ0) is 26.9. The summed E-state index contributed by atoms with van der Waals surface area (Å²) in [5.74, 6) is -3.00. The van der Waals surface area contributed by atoms with Crippen LogP contribution in [0.4, 0.5) is 5.69 Å². The Morgan fingerprint density at radius 1 is 1.00 bits per heavy atom. The predicted octanol–water partition coefficient (Wildman–Crippen LogP) is 6.81. The molecule has 7 nitrogen and oxygen atoms in total. The number of ether oxygens (including phenoxy) is 1. The van der Waals surface area contributed by atoms with Gasteiger partial charge in [-0.1, -0.05) is 46.4 Å². The molecule has 0 radical (unpaired) electrons. The summed E-state index contributed by atoms with van der Waals surface area (Å²) < 4.78 is 5.35. The number of benzene rings is 2. The number of ketones is 1. The minimum Gasteiger partial charge on any atom is -0.507 e. The molecule has 0 saturated carbocycles. The number of carbonyl (C=O) groups excluding carboxylic acids is 2. The van der Waals surface area contributed by atoms with E-state index in [0.717, 1.165) is 17.7 Å². The van der Waals surface area contributed by atoms with Gasteiger partial charge in [0.1, 0.15) is 11.4 Å². The number of rotatable bonds is 7. The van der Waals surface area contributed by atoms with E-state index in [9.17, 15) is 24.6 Å². The summed E-state index contributed by atoms with van der Waals surface area (Å²) in [6, 6.07) is 2.98. The smallest absolute Gasteiger partial charge is 0.338 e. The number of fused-ring (bicyclic) bond motifs is 1. The van der Waals surface area contributed by atoms with Crippen molar-refractivity contribution < 1.29 is 29.3 Å². The lowest BCUT2D eigenvalue weighted by Gasteiger charge is -2.32. The van der Waals surface area contributed by atoms with Crippen LogP contribution in [-0.4, -0.2) is 46.6 Å². The van der Waals surface area contributed by atoms with Crippen LogP contribution < -0.4 is 4.90 Å². The molecule has 0 atom stereocenters. The van der Waals surface area contributed by atoms with E-state index in [0.29, 0.717) is 25.9 Å². The quantitative estimate of drug-likeness (QED) is 0.161. The molecule has 0 amide bonds. The van der Waals surface area contributed by atoms with Crippen LogP contribution in [0, 0.1) is 0 Å². The van der Waals surface area contributed by atoms with Crippen molar-refractivity contribution in [3.8, 4) is 5.75 Å². The molecule has 11 heteroatoms. The second-order valence-corrected chi connectivity index (χ2v) is 10.9. The highest BCUT2D eigenvalue weighted by Crippen LogP contribution is 2.43. The van der Waals surface area contributed by atoms with Gasteiger partial charge in [-0.3, -0.25) is 9.59 Å². The Morgan fingerprint density at radius 3 is 2.19 bits per heavy atom. The number of aryl methyl sites for hydroxylation is 1. The third-order valence-corrected chi connectivity index (χ3v) is 7.40. The molecular formula is C25H25Cl4NO6. The lowest BCUT2D eigenvalue weighted by Crippen LogP contribution is -2.31. The first-order valence-corrected chi connectivity index (χ1v) is 12.7. The van der Waals surface area contributed by atoms with Gasteiger partial charge in [-0.05, 0) is 51.7 Å². The molecule has 2 N–H and O–H groups in total. The van der Waals surface area contributed by atoms with E-state index >= 15 is 0 Å². The number of hydrogen-bond donors (Lipinski definition) is 2. The highest BCUT2D eigenvalue weighted by atomic mass is 35.5. The number of anilines is 1. The highest BCUT2D eigenvalue weighted by Gasteiger charge is 2.31. The summed E-state index contributed by atoms with van der Waals surface area (Å²) in [5, 5.41) is 19.1. The number of aromatic carboxylic acids is 1. The lowest BCUT2D eigenvalue weighted by molar-refractivity contribution is -0.154. The molecule has 0 spiro atoms. The van der Waals surface area contributed by atoms with Crippen LogP contribution in [0.15, 0.2) is 12.1 Å². The molecule has 2 aromatic carbocycles. The van der Waals surface area contributed by atoms with Gasteiger partial charge in [-0.15, -0.1) is 0 Å². The van der Waals surface area contributed by atoms with Gasteiger partial charge in [0.05, 0.1) is 36.8 Å². The van der Waals surface area contributed by atoms with E-state index < -0.39 is 33.5 Å². The Bertz CT molecular complexity index is 1240. The zero-order valence-electron chi connectivity index (χ0n) is 19.9. The van der Waals surface area contributed by atoms with Crippen LogP contribution in [0.3, 0.4) is 0 Å². The molecule has 1 heterocycles. The van der Waals surface area contributed by atoms with E-state index in [-0.39, 0.29) is 38.8 Å². The maximum Gasteiger partial charge on any atom is 0.338 e. The average molecular weight is 577 g/mol. The first kappa shape index (κ1) is 28.4. The Balaban J connectivity index is 1.91. The molecule has 36 heavy (non-hydrogen) atoms. The molecule has 0 aliphatic carbocycles. The Morgan fingerprint density at radius 2 is 1.61 bits per heavy atom. The molecule has 194 valence electrons. The van der Waals surface area contributed by atoms with Crippen LogP contribution in [0.2, 0.25) is 20.1 Å². The highest BCUT2D eigenvalue weighted by molar-refractivity contribution is 6.54. The largest absolute Gasteiger partial charge is 0.507 e. The number of nitrogens with zero attached hydrogens (tertiary/aromatic N) is 1. The molecule has 1 aliphatic rings. The number of carbonyl (C=O) groups is 3. The fraction of sp³-hybridized carbons (Fsp3) is 0.400. The van der Waals surface area contributed by atoms with Gasteiger partial charge < -0.3 is 19.8 Å². The predicted molar refractivity (Wildman–Crippen MR) is 141 cm³/mol.